The van der Waals surface area contributed by atoms with Crippen LogP contribution in [0.15, 0.2) is 23.1 Å². The van der Waals surface area contributed by atoms with Gasteiger partial charge in [-0.25, -0.2) is 0 Å². The summed E-state index contributed by atoms with van der Waals surface area (Å²) in [4.78, 5) is 2.77. The minimum Gasteiger partial charge on any atom is -0.139 e. The Morgan fingerprint density at radius 3 is 2.85 bits per heavy atom. The van der Waals surface area contributed by atoms with Gasteiger partial charge in [0.05, 0.1) is 0 Å². The summed E-state index contributed by atoms with van der Waals surface area (Å²) >= 11 is 9.54. The normalized spacial score (nSPS) is 11.0. The first kappa shape index (κ1) is 9.38. The van der Waals surface area contributed by atoms with E-state index >= 15 is 0 Å². The van der Waals surface area contributed by atoms with Gasteiger partial charge in [-0.3, -0.25) is 0 Å². The summed E-state index contributed by atoms with van der Waals surface area (Å²) in [5.41, 5.74) is 0. The first-order chi connectivity index (χ1) is 6.22. The SMILES string of the molecule is CSc1c(C)sc2cc(Cl)ccc12. The molecule has 0 aliphatic carbocycles. The maximum absolute atomic E-state index is 5.92. The molecule has 0 radical (unpaired) electrons. The van der Waals surface area contributed by atoms with E-state index in [-0.39, 0.29) is 0 Å². The van der Waals surface area contributed by atoms with Crippen LogP contribution in [0.25, 0.3) is 10.1 Å². The summed E-state index contributed by atoms with van der Waals surface area (Å²) in [5.74, 6) is 0. The molecule has 0 saturated carbocycles. The minimum absolute atomic E-state index is 0.821. The van der Waals surface area contributed by atoms with Gasteiger partial charge in [-0.2, -0.15) is 0 Å². The molecule has 0 fully saturated rings. The number of hydrogen-bond donors (Lipinski definition) is 0. The molecular weight excluding hydrogens is 220 g/mol. The third-order valence-electron chi connectivity index (χ3n) is 1.98. The standard InChI is InChI=1S/C10H9ClS2/c1-6-10(12-2)8-4-3-7(11)5-9(8)13-6/h3-5H,1-2H3. The molecule has 0 nitrogen and oxygen atoms in total. The average Bonchev–Trinajstić information content (AvgIpc) is 2.39. The molecule has 2 aromatic rings. The zero-order valence-electron chi connectivity index (χ0n) is 7.43. The van der Waals surface area contributed by atoms with Gasteiger partial charge in [-0.05, 0) is 25.3 Å². The third-order valence-corrected chi connectivity index (χ3v) is 4.34. The predicted octanol–water partition coefficient (Wildman–Crippen LogP) is 4.59. The number of halogens is 1. The molecule has 0 bridgehead atoms. The lowest BCUT2D eigenvalue weighted by atomic mass is 10.2. The molecule has 1 aromatic carbocycles. The largest absolute Gasteiger partial charge is 0.139 e. The number of aryl methyl sites for hydroxylation is 1. The Labute approximate surface area is 90.9 Å². The molecule has 3 heteroatoms. The quantitative estimate of drug-likeness (QED) is 0.644. The highest BCUT2D eigenvalue weighted by Crippen LogP contribution is 2.37. The van der Waals surface area contributed by atoms with Gasteiger partial charge in [0.25, 0.3) is 0 Å². The van der Waals surface area contributed by atoms with Crippen LogP contribution in [-0.4, -0.2) is 6.26 Å². The molecule has 68 valence electrons. The highest BCUT2D eigenvalue weighted by Gasteiger charge is 2.07. The van der Waals surface area contributed by atoms with Crippen molar-refractivity contribution in [2.45, 2.75) is 11.8 Å². The van der Waals surface area contributed by atoms with Crippen molar-refractivity contribution in [1.29, 1.82) is 0 Å². The van der Waals surface area contributed by atoms with Crippen molar-refractivity contribution in [2.75, 3.05) is 6.26 Å². The first-order valence-electron chi connectivity index (χ1n) is 3.95. The maximum atomic E-state index is 5.92. The number of rotatable bonds is 1. The van der Waals surface area contributed by atoms with E-state index in [9.17, 15) is 0 Å². The minimum atomic E-state index is 0.821. The van der Waals surface area contributed by atoms with Crippen molar-refractivity contribution in [1.82, 2.24) is 0 Å². The molecule has 13 heavy (non-hydrogen) atoms. The van der Waals surface area contributed by atoms with Crippen molar-refractivity contribution in [3.63, 3.8) is 0 Å². The molecule has 0 saturated heterocycles. The molecule has 0 spiro atoms. The third kappa shape index (κ3) is 1.58. The summed E-state index contributed by atoms with van der Waals surface area (Å²) < 4.78 is 1.29. The van der Waals surface area contributed by atoms with Crippen LogP contribution < -0.4 is 0 Å². The van der Waals surface area contributed by atoms with Crippen LogP contribution in [0.5, 0.6) is 0 Å². The lowest BCUT2D eigenvalue weighted by Crippen LogP contribution is -1.69. The summed E-state index contributed by atoms with van der Waals surface area (Å²) in [5, 5.41) is 2.15. The summed E-state index contributed by atoms with van der Waals surface area (Å²) in [7, 11) is 0. The number of fused-ring (bicyclic) bond motifs is 1. The van der Waals surface area contributed by atoms with E-state index in [0.717, 1.165) is 5.02 Å². The van der Waals surface area contributed by atoms with Crippen LogP contribution in [0.3, 0.4) is 0 Å². The van der Waals surface area contributed by atoms with E-state index < -0.39 is 0 Å². The topological polar surface area (TPSA) is 0 Å². The number of benzene rings is 1. The molecule has 0 amide bonds. The fourth-order valence-electron chi connectivity index (χ4n) is 1.42. The summed E-state index contributed by atoms with van der Waals surface area (Å²) in [6.07, 6.45) is 2.11. The highest BCUT2D eigenvalue weighted by atomic mass is 35.5. The maximum Gasteiger partial charge on any atom is 0.0420 e. The Morgan fingerprint density at radius 2 is 2.15 bits per heavy atom. The van der Waals surface area contributed by atoms with E-state index in [1.54, 1.807) is 11.8 Å². The van der Waals surface area contributed by atoms with Crippen LogP contribution in [0.2, 0.25) is 5.02 Å². The summed E-state index contributed by atoms with van der Waals surface area (Å²) in [6.45, 7) is 2.16. The van der Waals surface area contributed by atoms with Gasteiger partial charge < -0.3 is 0 Å². The monoisotopic (exact) mass is 228 g/mol. The second kappa shape index (κ2) is 3.52. The van der Waals surface area contributed by atoms with Crippen molar-refractivity contribution >= 4 is 44.8 Å². The van der Waals surface area contributed by atoms with Crippen molar-refractivity contribution < 1.29 is 0 Å². The fraction of sp³-hybridized carbons (Fsp3) is 0.200. The smallest absolute Gasteiger partial charge is 0.0420 e. The second-order valence-corrected chi connectivity index (χ2v) is 5.34. The lowest BCUT2D eigenvalue weighted by molar-refractivity contribution is 1.47. The van der Waals surface area contributed by atoms with Gasteiger partial charge in [-0.1, -0.05) is 17.7 Å². The van der Waals surface area contributed by atoms with Gasteiger partial charge in [-0.15, -0.1) is 23.1 Å². The van der Waals surface area contributed by atoms with E-state index in [2.05, 4.69) is 19.2 Å². The van der Waals surface area contributed by atoms with Gasteiger partial charge in [0.2, 0.25) is 0 Å². The zero-order chi connectivity index (χ0) is 9.42. The molecule has 0 atom stereocenters. The molecule has 2 rings (SSSR count). The Hall–Kier alpha value is -0.180. The van der Waals surface area contributed by atoms with Crippen LogP contribution in [0, 0.1) is 6.92 Å². The molecule has 1 aromatic heterocycles. The van der Waals surface area contributed by atoms with Gasteiger partial charge in [0.15, 0.2) is 0 Å². The molecule has 1 heterocycles. The van der Waals surface area contributed by atoms with E-state index in [4.69, 9.17) is 11.6 Å². The Balaban J connectivity index is 2.79. The molecule has 0 aliphatic heterocycles. The van der Waals surface area contributed by atoms with Crippen molar-refractivity contribution in [2.24, 2.45) is 0 Å². The predicted molar refractivity (Wildman–Crippen MR) is 63.4 cm³/mol. The van der Waals surface area contributed by atoms with Gasteiger partial charge in [0, 0.05) is 24.9 Å². The van der Waals surface area contributed by atoms with Crippen LogP contribution in [0.4, 0.5) is 0 Å². The number of hydrogen-bond acceptors (Lipinski definition) is 2. The van der Waals surface area contributed by atoms with Crippen LogP contribution >= 0.6 is 34.7 Å². The van der Waals surface area contributed by atoms with Crippen LogP contribution in [0.1, 0.15) is 4.88 Å². The van der Waals surface area contributed by atoms with Crippen molar-refractivity contribution in [3.05, 3.63) is 28.1 Å². The van der Waals surface area contributed by atoms with E-state index in [0.29, 0.717) is 0 Å². The van der Waals surface area contributed by atoms with Crippen LogP contribution in [-0.2, 0) is 0 Å². The molecular formula is C10H9ClS2. The Morgan fingerprint density at radius 1 is 1.38 bits per heavy atom. The molecule has 0 N–H and O–H groups in total. The second-order valence-electron chi connectivity index (χ2n) is 2.83. The zero-order valence-corrected chi connectivity index (χ0v) is 9.82. The average molecular weight is 229 g/mol. The van der Waals surface area contributed by atoms with Crippen molar-refractivity contribution in [3.8, 4) is 0 Å². The number of thiophene rings is 1. The fourth-order valence-corrected chi connectivity index (χ4v) is 3.78. The lowest BCUT2D eigenvalue weighted by Gasteiger charge is -1.94. The highest BCUT2D eigenvalue weighted by molar-refractivity contribution is 7.99. The van der Waals surface area contributed by atoms with E-state index in [1.165, 1.54) is 19.9 Å². The number of thioether (sulfide) groups is 1. The summed E-state index contributed by atoms with van der Waals surface area (Å²) in [6, 6.07) is 6.09. The van der Waals surface area contributed by atoms with E-state index in [1.807, 2.05) is 23.5 Å². The van der Waals surface area contributed by atoms with Gasteiger partial charge >= 0.3 is 0 Å². The Bertz CT molecular complexity index is 445. The van der Waals surface area contributed by atoms with Gasteiger partial charge in [0.1, 0.15) is 0 Å². The first-order valence-corrected chi connectivity index (χ1v) is 6.37. The molecule has 0 aliphatic rings. The molecule has 0 unspecified atom stereocenters. The Kier molecular flexibility index (Phi) is 2.54.